The molecule has 3 aromatic heterocycles. The maximum Gasteiger partial charge on any atom is 0.0852 e. The van der Waals surface area contributed by atoms with Crippen LogP contribution in [0.2, 0.25) is 0 Å². The molecule has 0 radical (unpaired) electrons. The van der Waals surface area contributed by atoms with Crippen LogP contribution in [-0.4, -0.2) is 4.98 Å². The van der Waals surface area contributed by atoms with E-state index in [1.165, 1.54) is 58.9 Å². The van der Waals surface area contributed by atoms with Crippen LogP contribution < -0.4 is 0 Å². The molecule has 0 fully saturated rings. The lowest BCUT2D eigenvalue weighted by atomic mass is 9.82. The molecule has 0 saturated carbocycles. The predicted molar refractivity (Wildman–Crippen MR) is 165 cm³/mol. The van der Waals surface area contributed by atoms with E-state index < -0.39 is 0 Å². The van der Waals surface area contributed by atoms with E-state index in [1.807, 2.05) is 22.7 Å². The molecule has 0 aliphatic carbocycles. The topological polar surface area (TPSA) is 12.9 Å². The Labute approximate surface area is 227 Å². The molecule has 0 saturated heterocycles. The first-order chi connectivity index (χ1) is 17.7. The average molecular weight is 520 g/mol. The van der Waals surface area contributed by atoms with Crippen molar-refractivity contribution in [3.05, 3.63) is 88.1 Å². The van der Waals surface area contributed by atoms with Crippen molar-refractivity contribution < 1.29 is 0 Å². The van der Waals surface area contributed by atoms with Crippen molar-refractivity contribution in [2.45, 2.75) is 53.4 Å². The van der Waals surface area contributed by atoms with E-state index in [4.69, 9.17) is 4.98 Å². The number of hydrogen-bond donors (Lipinski definition) is 0. The number of rotatable bonds is 4. The second-order valence-corrected chi connectivity index (χ2v) is 13.5. The molecule has 0 aliphatic rings. The van der Waals surface area contributed by atoms with Crippen LogP contribution in [0.3, 0.4) is 0 Å². The number of benzene rings is 3. The summed E-state index contributed by atoms with van der Waals surface area (Å²) in [6.45, 7) is 13.7. The summed E-state index contributed by atoms with van der Waals surface area (Å²) in [6.07, 6.45) is 1.12. The second-order valence-electron chi connectivity index (χ2n) is 11.7. The van der Waals surface area contributed by atoms with Crippen molar-refractivity contribution in [3.63, 3.8) is 0 Å². The number of aryl methyl sites for hydroxylation is 1. The molecular weight excluding hydrogens is 487 g/mol. The zero-order valence-corrected chi connectivity index (χ0v) is 24.1. The molecule has 6 rings (SSSR count). The fraction of sp³-hybridized carbons (Fsp3) is 0.265. The maximum absolute atomic E-state index is 5.24. The first-order valence-electron chi connectivity index (χ1n) is 13.1. The number of fused-ring (bicyclic) bond motifs is 3. The fourth-order valence-corrected chi connectivity index (χ4v) is 7.40. The van der Waals surface area contributed by atoms with Crippen LogP contribution in [0.5, 0.6) is 0 Å². The monoisotopic (exact) mass is 519 g/mol. The van der Waals surface area contributed by atoms with E-state index in [0.29, 0.717) is 5.92 Å². The van der Waals surface area contributed by atoms with Gasteiger partial charge in [-0.15, -0.1) is 22.7 Å². The van der Waals surface area contributed by atoms with Gasteiger partial charge in [-0.3, -0.25) is 0 Å². The quantitative estimate of drug-likeness (QED) is 0.226. The average Bonchev–Trinajstić information content (AvgIpc) is 3.44. The highest BCUT2D eigenvalue weighted by Crippen LogP contribution is 2.41. The van der Waals surface area contributed by atoms with Gasteiger partial charge in [-0.05, 0) is 104 Å². The normalized spacial score (nSPS) is 12.4. The third-order valence-electron chi connectivity index (χ3n) is 7.26. The Hall–Kier alpha value is -3.01. The lowest BCUT2D eigenvalue weighted by Crippen LogP contribution is -2.12. The van der Waals surface area contributed by atoms with E-state index in [0.717, 1.165) is 17.6 Å². The molecule has 37 heavy (non-hydrogen) atoms. The van der Waals surface area contributed by atoms with Crippen molar-refractivity contribution in [1.29, 1.82) is 0 Å². The highest BCUT2D eigenvalue weighted by Gasteiger charge is 2.20. The lowest BCUT2D eigenvalue weighted by Gasteiger charge is -2.23. The van der Waals surface area contributed by atoms with Crippen LogP contribution in [0.25, 0.3) is 53.5 Å². The van der Waals surface area contributed by atoms with Gasteiger partial charge in [0, 0.05) is 15.8 Å². The minimum absolute atomic E-state index is 0.0393. The smallest absolute Gasteiger partial charge is 0.0852 e. The summed E-state index contributed by atoms with van der Waals surface area (Å²) < 4.78 is 2.65. The number of pyridine rings is 1. The molecule has 1 nitrogen and oxygen atoms in total. The van der Waals surface area contributed by atoms with Gasteiger partial charge in [-0.25, -0.2) is 4.98 Å². The number of nitrogens with zero attached hydrogens (tertiary/aromatic N) is 1. The molecule has 0 atom stereocenters. The Morgan fingerprint density at radius 1 is 0.838 bits per heavy atom. The van der Waals surface area contributed by atoms with Gasteiger partial charge in [0.2, 0.25) is 0 Å². The minimum Gasteiger partial charge on any atom is -0.247 e. The molecule has 0 amide bonds. The summed E-state index contributed by atoms with van der Waals surface area (Å²) in [5, 5.41) is 8.59. The highest BCUT2D eigenvalue weighted by molar-refractivity contribution is 7.18. The van der Waals surface area contributed by atoms with Gasteiger partial charge in [-0.1, -0.05) is 65.0 Å². The Kier molecular flexibility index (Phi) is 5.97. The Balaban J connectivity index is 1.59. The van der Waals surface area contributed by atoms with Crippen molar-refractivity contribution in [1.82, 2.24) is 4.98 Å². The molecule has 0 spiro atoms. The third kappa shape index (κ3) is 4.39. The SMILES string of the molecule is Cc1csc2c(-c3ccc4scc(CC(C)C)c4c3)cc(-c3cc(C(C)(C)C)c4ccccc4c3)nc12. The highest BCUT2D eigenvalue weighted by atomic mass is 32.1. The summed E-state index contributed by atoms with van der Waals surface area (Å²) in [5.74, 6) is 0.644. The van der Waals surface area contributed by atoms with Crippen molar-refractivity contribution in [2.75, 3.05) is 0 Å². The van der Waals surface area contributed by atoms with E-state index in [9.17, 15) is 0 Å². The van der Waals surface area contributed by atoms with E-state index >= 15 is 0 Å². The Morgan fingerprint density at radius 3 is 2.43 bits per heavy atom. The first kappa shape index (κ1) is 24.3. The molecule has 186 valence electrons. The Morgan fingerprint density at radius 2 is 1.65 bits per heavy atom. The third-order valence-corrected chi connectivity index (χ3v) is 9.39. The Bertz CT molecular complexity index is 1780. The standard InChI is InChI=1S/C34H33NS2/c1-20(2)13-25-19-36-31-12-11-23(15-27(25)31)28-17-30(35-32-21(3)18-37-33(28)32)24-14-22-9-7-8-10-26(22)29(16-24)34(4,5)6/h7-12,14-20H,13H2,1-6H3. The van der Waals surface area contributed by atoms with Gasteiger partial charge < -0.3 is 0 Å². The van der Waals surface area contributed by atoms with Crippen LogP contribution in [0.1, 0.15) is 51.3 Å². The number of hydrogen-bond acceptors (Lipinski definition) is 3. The molecule has 0 bridgehead atoms. The largest absolute Gasteiger partial charge is 0.247 e. The summed E-state index contributed by atoms with van der Waals surface area (Å²) in [5.41, 5.74) is 10.0. The summed E-state index contributed by atoms with van der Waals surface area (Å²) in [7, 11) is 0. The van der Waals surface area contributed by atoms with Gasteiger partial charge >= 0.3 is 0 Å². The van der Waals surface area contributed by atoms with E-state index in [2.05, 4.69) is 113 Å². The van der Waals surface area contributed by atoms with Gasteiger partial charge in [0.15, 0.2) is 0 Å². The van der Waals surface area contributed by atoms with Crippen LogP contribution in [-0.2, 0) is 11.8 Å². The van der Waals surface area contributed by atoms with Crippen molar-refractivity contribution in [3.8, 4) is 22.4 Å². The molecule has 0 aliphatic heterocycles. The number of thiophene rings is 2. The lowest BCUT2D eigenvalue weighted by molar-refractivity contribution is 0.596. The first-order valence-corrected chi connectivity index (χ1v) is 14.9. The summed E-state index contributed by atoms with van der Waals surface area (Å²) >= 11 is 3.67. The summed E-state index contributed by atoms with van der Waals surface area (Å²) in [6, 6.07) is 22.8. The van der Waals surface area contributed by atoms with Crippen LogP contribution in [0.4, 0.5) is 0 Å². The number of aromatic nitrogens is 1. The zero-order valence-electron chi connectivity index (χ0n) is 22.5. The molecule has 3 heterocycles. The van der Waals surface area contributed by atoms with Gasteiger partial charge in [0.25, 0.3) is 0 Å². The van der Waals surface area contributed by atoms with Gasteiger partial charge in [-0.2, -0.15) is 0 Å². The second kappa shape index (κ2) is 9.08. The van der Waals surface area contributed by atoms with Crippen molar-refractivity contribution >= 4 is 53.7 Å². The van der Waals surface area contributed by atoms with Gasteiger partial charge in [0.05, 0.1) is 15.9 Å². The molecule has 0 N–H and O–H groups in total. The van der Waals surface area contributed by atoms with Crippen LogP contribution in [0.15, 0.2) is 71.4 Å². The van der Waals surface area contributed by atoms with Crippen LogP contribution in [0, 0.1) is 12.8 Å². The molecule has 3 aromatic carbocycles. The van der Waals surface area contributed by atoms with Gasteiger partial charge in [0.1, 0.15) is 0 Å². The van der Waals surface area contributed by atoms with E-state index in [-0.39, 0.29) is 5.41 Å². The molecule has 3 heteroatoms. The molecule has 0 unspecified atom stereocenters. The van der Waals surface area contributed by atoms with Crippen molar-refractivity contribution in [2.24, 2.45) is 5.92 Å². The molecule has 6 aromatic rings. The maximum atomic E-state index is 5.24. The zero-order chi connectivity index (χ0) is 25.9. The van der Waals surface area contributed by atoms with E-state index in [1.54, 1.807) is 0 Å². The predicted octanol–water partition coefficient (Wildman–Crippen LogP) is 10.8. The van der Waals surface area contributed by atoms with Crippen LogP contribution >= 0.6 is 22.7 Å². The fourth-order valence-electron chi connectivity index (χ4n) is 5.41. The molecular formula is C34H33NS2. The minimum atomic E-state index is 0.0393. The summed E-state index contributed by atoms with van der Waals surface area (Å²) in [4.78, 5) is 5.24.